The molecular weight excluding hydrogens is 238 g/mol. The summed E-state index contributed by atoms with van der Waals surface area (Å²) >= 11 is 0. The van der Waals surface area contributed by atoms with Crippen LogP contribution in [0.25, 0.3) is 0 Å². The predicted octanol–water partition coefficient (Wildman–Crippen LogP) is 3.06. The van der Waals surface area contributed by atoms with Gasteiger partial charge in [0.2, 0.25) is 5.91 Å². The van der Waals surface area contributed by atoms with Crippen LogP contribution in [0.3, 0.4) is 0 Å². The summed E-state index contributed by atoms with van der Waals surface area (Å²) in [5.74, 6) is 0.825. The van der Waals surface area contributed by atoms with Crippen LogP contribution in [0.2, 0.25) is 0 Å². The van der Waals surface area contributed by atoms with Gasteiger partial charge >= 0.3 is 0 Å². The third-order valence-electron chi connectivity index (χ3n) is 3.07. The van der Waals surface area contributed by atoms with Crippen LogP contribution < -0.4 is 10.1 Å². The topological polar surface area (TPSA) is 38.3 Å². The van der Waals surface area contributed by atoms with E-state index in [0.717, 1.165) is 24.3 Å². The number of carbonyl (C=O) groups is 1. The normalized spacial score (nSPS) is 11.2. The fraction of sp³-hybridized carbons (Fsp3) is 0.562. The summed E-state index contributed by atoms with van der Waals surface area (Å²) in [6, 6.07) is 6.08. The maximum absolute atomic E-state index is 11.8. The molecule has 0 radical (unpaired) electrons. The molecule has 0 saturated carbocycles. The van der Waals surface area contributed by atoms with Crippen LogP contribution in [0.1, 0.15) is 45.2 Å². The van der Waals surface area contributed by atoms with E-state index in [1.54, 1.807) is 7.11 Å². The molecule has 1 amide bonds. The van der Waals surface area contributed by atoms with Gasteiger partial charge in [-0.15, -0.1) is 0 Å². The van der Waals surface area contributed by atoms with Gasteiger partial charge in [-0.2, -0.15) is 0 Å². The maximum Gasteiger partial charge on any atom is 0.224 e. The lowest BCUT2D eigenvalue weighted by Crippen LogP contribution is -2.26. The molecule has 1 aromatic rings. The highest BCUT2D eigenvalue weighted by atomic mass is 16.5. The molecule has 1 N–H and O–H groups in total. The van der Waals surface area contributed by atoms with E-state index in [1.807, 2.05) is 13.0 Å². The number of benzene rings is 1. The SMILES string of the molecule is CCCNC(=O)Cc1cc(C(C)(C)C)ccc1OC. The first-order valence-corrected chi connectivity index (χ1v) is 6.82. The van der Waals surface area contributed by atoms with Gasteiger partial charge in [0.25, 0.3) is 0 Å². The van der Waals surface area contributed by atoms with Gasteiger partial charge < -0.3 is 10.1 Å². The molecule has 19 heavy (non-hydrogen) atoms. The van der Waals surface area contributed by atoms with Gasteiger partial charge in [0.15, 0.2) is 0 Å². The molecule has 0 aliphatic heterocycles. The zero-order chi connectivity index (χ0) is 14.5. The standard InChI is InChI=1S/C16H25NO2/c1-6-9-17-15(18)11-12-10-13(16(2,3)4)7-8-14(12)19-5/h7-8,10H,6,9,11H2,1-5H3,(H,17,18). The first-order valence-electron chi connectivity index (χ1n) is 6.82. The van der Waals surface area contributed by atoms with Crippen LogP contribution in [-0.2, 0) is 16.6 Å². The molecule has 0 atom stereocenters. The molecule has 0 fully saturated rings. The van der Waals surface area contributed by atoms with E-state index in [2.05, 4.69) is 38.2 Å². The second-order valence-corrected chi connectivity index (χ2v) is 5.80. The van der Waals surface area contributed by atoms with E-state index in [1.165, 1.54) is 5.56 Å². The Morgan fingerprint density at radius 1 is 1.32 bits per heavy atom. The second-order valence-electron chi connectivity index (χ2n) is 5.80. The van der Waals surface area contributed by atoms with Crippen molar-refractivity contribution in [3.05, 3.63) is 29.3 Å². The Morgan fingerprint density at radius 3 is 2.53 bits per heavy atom. The largest absolute Gasteiger partial charge is 0.496 e. The Balaban J connectivity index is 2.93. The van der Waals surface area contributed by atoms with Crippen LogP contribution in [0.5, 0.6) is 5.75 Å². The van der Waals surface area contributed by atoms with Crippen molar-refractivity contribution < 1.29 is 9.53 Å². The van der Waals surface area contributed by atoms with E-state index >= 15 is 0 Å². The van der Waals surface area contributed by atoms with E-state index in [-0.39, 0.29) is 11.3 Å². The van der Waals surface area contributed by atoms with Crippen molar-refractivity contribution in [2.24, 2.45) is 0 Å². The van der Waals surface area contributed by atoms with Crippen molar-refractivity contribution in [2.75, 3.05) is 13.7 Å². The summed E-state index contributed by atoms with van der Waals surface area (Å²) in [7, 11) is 1.64. The summed E-state index contributed by atoms with van der Waals surface area (Å²) in [6.45, 7) is 9.25. The van der Waals surface area contributed by atoms with Crippen LogP contribution in [0, 0.1) is 0 Å². The highest BCUT2D eigenvalue weighted by Crippen LogP contribution is 2.28. The van der Waals surface area contributed by atoms with Gasteiger partial charge in [0, 0.05) is 12.1 Å². The summed E-state index contributed by atoms with van der Waals surface area (Å²) in [5, 5.41) is 2.90. The molecule has 0 spiro atoms. The Bertz CT molecular complexity index is 433. The predicted molar refractivity (Wildman–Crippen MR) is 78.7 cm³/mol. The van der Waals surface area contributed by atoms with Crippen molar-refractivity contribution >= 4 is 5.91 Å². The minimum Gasteiger partial charge on any atom is -0.496 e. The number of rotatable bonds is 5. The lowest BCUT2D eigenvalue weighted by molar-refractivity contribution is -0.120. The third kappa shape index (κ3) is 4.58. The zero-order valence-corrected chi connectivity index (χ0v) is 12.7. The molecule has 0 aliphatic rings. The maximum atomic E-state index is 11.8. The minimum absolute atomic E-state index is 0.0474. The summed E-state index contributed by atoms with van der Waals surface area (Å²) < 4.78 is 5.34. The molecule has 106 valence electrons. The number of hydrogen-bond donors (Lipinski definition) is 1. The van der Waals surface area contributed by atoms with Crippen LogP contribution in [0.15, 0.2) is 18.2 Å². The lowest BCUT2D eigenvalue weighted by Gasteiger charge is -2.21. The van der Waals surface area contributed by atoms with Gasteiger partial charge in [0.05, 0.1) is 13.5 Å². The Hall–Kier alpha value is -1.51. The summed E-state index contributed by atoms with van der Waals surface area (Å²) in [4.78, 5) is 11.8. The van der Waals surface area contributed by atoms with Crippen molar-refractivity contribution in [1.82, 2.24) is 5.32 Å². The van der Waals surface area contributed by atoms with Gasteiger partial charge in [-0.1, -0.05) is 39.8 Å². The summed E-state index contributed by atoms with van der Waals surface area (Å²) in [5.41, 5.74) is 2.23. The van der Waals surface area contributed by atoms with Crippen molar-refractivity contribution in [2.45, 2.75) is 46.0 Å². The van der Waals surface area contributed by atoms with Gasteiger partial charge in [-0.25, -0.2) is 0 Å². The van der Waals surface area contributed by atoms with E-state index < -0.39 is 0 Å². The average molecular weight is 263 g/mol. The summed E-state index contributed by atoms with van der Waals surface area (Å²) in [6.07, 6.45) is 1.32. The number of methoxy groups -OCH3 is 1. The smallest absolute Gasteiger partial charge is 0.224 e. The molecule has 0 aliphatic carbocycles. The Labute approximate surface area is 116 Å². The van der Waals surface area contributed by atoms with Crippen LogP contribution >= 0.6 is 0 Å². The number of nitrogens with one attached hydrogen (secondary N) is 1. The zero-order valence-electron chi connectivity index (χ0n) is 12.7. The quantitative estimate of drug-likeness (QED) is 0.886. The fourth-order valence-electron chi connectivity index (χ4n) is 1.88. The number of hydrogen-bond acceptors (Lipinski definition) is 2. The van der Waals surface area contributed by atoms with Crippen LogP contribution in [0.4, 0.5) is 0 Å². The van der Waals surface area contributed by atoms with E-state index in [4.69, 9.17) is 4.74 Å². The third-order valence-corrected chi connectivity index (χ3v) is 3.07. The fourth-order valence-corrected chi connectivity index (χ4v) is 1.88. The van der Waals surface area contributed by atoms with E-state index in [0.29, 0.717) is 6.42 Å². The molecule has 0 bridgehead atoms. The molecule has 1 rings (SSSR count). The second kappa shape index (κ2) is 6.60. The number of amides is 1. The van der Waals surface area contributed by atoms with Crippen molar-refractivity contribution in [3.8, 4) is 5.75 Å². The van der Waals surface area contributed by atoms with Gasteiger partial charge in [0.1, 0.15) is 5.75 Å². The Kier molecular flexibility index (Phi) is 5.40. The highest BCUT2D eigenvalue weighted by Gasteiger charge is 2.17. The molecule has 0 unspecified atom stereocenters. The molecular formula is C16H25NO2. The minimum atomic E-state index is 0.0474. The molecule has 0 aromatic heterocycles. The monoisotopic (exact) mass is 263 g/mol. The molecule has 0 heterocycles. The lowest BCUT2D eigenvalue weighted by atomic mass is 9.85. The van der Waals surface area contributed by atoms with Crippen molar-refractivity contribution in [3.63, 3.8) is 0 Å². The highest BCUT2D eigenvalue weighted by molar-refractivity contribution is 5.79. The van der Waals surface area contributed by atoms with Gasteiger partial charge in [-0.3, -0.25) is 4.79 Å². The first-order chi connectivity index (χ1) is 8.88. The number of ether oxygens (including phenoxy) is 1. The van der Waals surface area contributed by atoms with E-state index in [9.17, 15) is 4.79 Å². The molecule has 3 heteroatoms. The molecule has 1 aromatic carbocycles. The van der Waals surface area contributed by atoms with Crippen LogP contribution in [-0.4, -0.2) is 19.6 Å². The van der Waals surface area contributed by atoms with Gasteiger partial charge in [-0.05, 0) is 23.5 Å². The molecule has 3 nitrogen and oxygen atoms in total. The average Bonchev–Trinajstić information content (AvgIpc) is 2.35. The Morgan fingerprint density at radius 2 is 2.00 bits per heavy atom. The number of carbonyl (C=O) groups excluding carboxylic acids is 1. The molecule has 0 saturated heterocycles. The van der Waals surface area contributed by atoms with Crippen molar-refractivity contribution in [1.29, 1.82) is 0 Å². The first kappa shape index (κ1) is 15.5.